The number of fused-ring (bicyclic) bond motifs is 2. The van der Waals surface area contributed by atoms with Gasteiger partial charge in [0.05, 0.1) is 12.7 Å². The van der Waals surface area contributed by atoms with Crippen LogP contribution in [0.2, 0.25) is 0 Å². The van der Waals surface area contributed by atoms with Crippen LogP contribution in [0.15, 0.2) is 88.2 Å². The van der Waals surface area contributed by atoms with Crippen molar-refractivity contribution in [3.8, 4) is 16.9 Å². The highest BCUT2D eigenvalue weighted by Crippen LogP contribution is 2.25. The van der Waals surface area contributed by atoms with Crippen molar-refractivity contribution in [2.75, 3.05) is 12.4 Å². The lowest BCUT2D eigenvalue weighted by Crippen LogP contribution is -2.11. The van der Waals surface area contributed by atoms with Gasteiger partial charge in [-0.3, -0.25) is 4.79 Å². The van der Waals surface area contributed by atoms with Gasteiger partial charge >= 0.3 is 5.63 Å². The van der Waals surface area contributed by atoms with Crippen LogP contribution in [0.3, 0.4) is 0 Å². The lowest BCUT2D eigenvalue weighted by molar-refractivity contribution is 0.102. The van der Waals surface area contributed by atoms with Gasteiger partial charge in [-0.25, -0.2) is 4.79 Å². The minimum Gasteiger partial charge on any atom is -0.497 e. The van der Waals surface area contributed by atoms with Gasteiger partial charge in [0.1, 0.15) is 11.3 Å². The molecule has 6 nitrogen and oxygen atoms in total. The Bertz CT molecular complexity index is 1480. The largest absolute Gasteiger partial charge is 0.497 e. The first-order chi connectivity index (χ1) is 15.1. The van der Waals surface area contributed by atoms with Crippen LogP contribution in [0.25, 0.3) is 33.0 Å². The molecule has 2 N–H and O–H groups in total. The first kappa shape index (κ1) is 18.7. The minimum absolute atomic E-state index is 0.223. The molecule has 0 unspecified atom stereocenters. The van der Waals surface area contributed by atoms with Crippen molar-refractivity contribution in [2.24, 2.45) is 0 Å². The van der Waals surface area contributed by atoms with Gasteiger partial charge in [-0.05, 0) is 60.2 Å². The van der Waals surface area contributed by atoms with Crippen LogP contribution in [0, 0.1) is 0 Å². The molecular formula is C25H18N2O4. The molecular weight excluding hydrogens is 392 g/mol. The zero-order valence-electron chi connectivity index (χ0n) is 16.6. The Morgan fingerprint density at radius 2 is 1.77 bits per heavy atom. The molecule has 0 saturated heterocycles. The van der Waals surface area contributed by atoms with Gasteiger partial charge in [0, 0.05) is 39.8 Å². The van der Waals surface area contributed by atoms with Crippen LogP contribution in [0.4, 0.5) is 5.69 Å². The van der Waals surface area contributed by atoms with Gasteiger partial charge in [0.2, 0.25) is 0 Å². The van der Waals surface area contributed by atoms with Gasteiger partial charge < -0.3 is 19.5 Å². The number of hydrogen-bond donors (Lipinski definition) is 2. The van der Waals surface area contributed by atoms with E-state index < -0.39 is 5.63 Å². The van der Waals surface area contributed by atoms with E-state index >= 15 is 0 Å². The summed E-state index contributed by atoms with van der Waals surface area (Å²) < 4.78 is 10.6. The third-order valence-corrected chi connectivity index (χ3v) is 5.21. The normalized spacial score (nSPS) is 11.0. The lowest BCUT2D eigenvalue weighted by Gasteiger charge is -2.07. The monoisotopic (exact) mass is 410 g/mol. The Morgan fingerprint density at radius 3 is 2.58 bits per heavy atom. The standard InChI is InChI=1S/C25H18N2O4/c1-30-20-8-6-18-13-21(25(29)31-23(18)14-20)15-2-4-16(5-3-15)24(28)27-19-7-9-22-17(12-19)10-11-26-22/h2-14,26H,1H3,(H,27,28). The number of ether oxygens (including phenoxy) is 1. The zero-order chi connectivity index (χ0) is 21.4. The minimum atomic E-state index is -0.447. The molecule has 2 heterocycles. The maximum absolute atomic E-state index is 12.6. The summed E-state index contributed by atoms with van der Waals surface area (Å²) in [4.78, 5) is 28.2. The molecule has 0 fully saturated rings. The van der Waals surface area contributed by atoms with Gasteiger partial charge in [0.25, 0.3) is 5.91 Å². The number of H-pyrrole nitrogens is 1. The summed E-state index contributed by atoms with van der Waals surface area (Å²) in [5.41, 5.74) is 3.34. The summed E-state index contributed by atoms with van der Waals surface area (Å²) in [6, 6.07) is 21.6. The Hall–Kier alpha value is -4.32. The number of carbonyl (C=O) groups is 1. The lowest BCUT2D eigenvalue weighted by atomic mass is 10.0. The molecule has 0 radical (unpaired) electrons. The highest BCUT2D eigenvalue weighted by atomic mass is 16.5. The second-order valence-electron chi connectivity index (χ2n) is 7.16. The van der Waals surface area contributed by atoms with E-state index in [1.807, 2.05) is 42.6 Å². The SMILES string of the molecule is COc1ccc2cc(-c3ccc(C(=O)Nc4ccc5[nH]ccc5c4)cc3)c(=O)oc2c1. The summed E-state index contributed by atoms with van der Waals surface area (Å²) in [5, 5.41) is 4.71. The average molecular weight is 410 g/mol. The quantitative estimate of drug-likeness (QED) is 0.399. The van der Waals surface area contributed by atoms with Gasteiger partial charge in [-0.15, -0.1) is 0 Å². The molecule has 5 rings (SSSR count). The second-order valence-corrected chi connectivity index (χ2v) is 7.16. The van der Waals surface area contributed by atoms with Crippen molar-refractivity contribution in [1.29, 1.82) is 0 Å². The maximum Gasteiger partial charge on any atom is 0.344 e. The maximum atomic E-state index is 12.6. The van der Waals surface area contributed by atoms with Crippen LogP contribution in [0.5, 0.6) is 5.75 Å². The first-order valence-electron chi connectivity index (χ1n) is 9.71. The van der Waals surface area contributed by atoms with E-state index in [-0.39, 0.29) is 5.91 Å². The summed E-state index contributed by atoms with van der Waals surface area (Å²) in [7, 11) is 1.56. The van der Waals surface area contributed by atoms with Crippen molar-refractivity contribution in [1.82, 2.24) is 4.98 Å². The molecule has 0 atom stereocenters. The molecule has 0 spiro atoms. The Morgan fingerprint density at radius 1 is 0.935 bits per heavy atom. The van der Waals surface area contributed by atoms with E-state index in [9.17, 15) is 9.59 Å². The number of benzene rings is 3. The second kappa shape index (κ2) is 7.50. The average Bonchev–Trinajstić information content (AvgIpc) is 3.26. The molecule has 6 heteroatoms. The molecule has 3 aromatic carbocycles. The smallest absolute Gasteiger partial charge is 0.344 e. The fourth-order valence-electron chi connectivity index (χ4n) is 3.56. The summed E-state index contributed by atoms with van der Waals surface area (Å²) in [5.74, 6) is 0.397. The number of nitrogens with one attached hydrogen (secondary N) is 2. The predicted octanol–water partition coefficient (Wildman–Crippen LogP) is 5.20. The summed E-state index contributed by atoms with van der Waals surface area (Å²) in [6.07, 6.45) is 1.86. The molecule has 5 aromatic rings. The zero-order valence-corrected chi connectivity index (χ0v) is 16.6. The Kier molecular flexibility index (Phi) is 4.52. The number of anilines is 1. The molecule has 0 saturated carbocycles. The van der Waals surface area contributed by atoms with Crippen molar-refractivity contribution >= 4 is 33.5 Å². The molecule has 0 aliphatic rings. The van der Waals surface area contributed by atoms with Gasteiger partial charge in [-0.1, -0.05) is 12.1 Å². The summed E-state index contributed by atoms with van der Waals surface area (Å²) in [6.45, 7) is 0. The number of aromatic amines is 1. The highest BCUT2D eigenvalue weighted by molar-refractivity contribution is 6.05. The van der Waals surface area contributed by atoms with E-state index in [2.05, 4.69) is 10.3 Å². The van der Waals surface area contributed by atoms with Crippen LogP contribution >= 0.6 is 0 Å². The molecule has 0 aliphatic carbocycles. The van der Waals surface area contributed by atoms with Crippen molar-refractivity contribution in [2.45, 2.75) is 0 Å². The van der Waals surface area contributed by atoms with Crippen LogP contribution < -0.4 is 15.7 Å². The molecule has 0 bridgehead atoms. The van der Waals surface area contributed by atoms with Crippen molar-refractivity contribution in [3.05, 3.63) is 95.0 Å². The molecule has 152 valence electrons. The van der Waals surface area contributed by atoms with Gasteiger partial charge in [-0.2, -0.15) is 0 Å². The van der Waals surface area contributed by atoms with Crippen LogP contribution in [0.1, 0.15) is 10.4 Å². The number of amides is 1. The topological polar surface area (TPSA) is 84.3 Å². The molecule has 1 amide bonds. The number of hydrogen-bond acceptors (Lipinski definition) is 4. The Balaban J connectivity index is 1.40. The third-order valence-electron chi connectivity index (χ3n) is 5.21. The number of carbonyl (C=O) groups excluding carboxylic acids is 1. The number of methoxy groups -OCH3 is 1. The number of rotatable bonds is 4. The third kappa shape index (κ3) is 3.55. The fourth-order valence-corrected chi connectivity index (χ4v) is 3.56. The van der Waals surface area contributed by atoms with Gasteiger partial charge in [0.15, 0.2) is 0 Å². The molecule has 0 aliphatic heterocycles. The molecule has 2 aromatic heterocycles. The van der Waals surface area contributed by atoms with Crippen molar-refractivity contribution in [3.63, 3.8) is 0 Å². The number of aromatic nitrogens is 1. The fraction of sp³-hybridized carbons (Fsp3) is 0.0400. The van der Waals surface area contributed by atoms with Crippen LogP contribution in [-0.4, -0.2) is 18.0 Å². The van der Waals surface area contributed by atoms with Crippen LogP contribution in [-0.2, 0) is 0 Å². The van der Waals surface area contributed by atoms with E-state index in [0.717, 1.165) is 16.3 Å². The summed E-state index contributed by atoms with van der Waals surface area (Å²) >= 11 is 0. The van der Waals surface area contributed by atoms with Crippen molar-refractivity contribution < 1.29 is 13.9 Å². The highest BCUT2D eigenvalue weighted by Gasteiger charge is 2.11. The molecule has 31 heavy (non-hydrogen) atoms. The van der Waals surface area contributed by atoms with E-state index in [1.165, 1.54) is 0 Å². The Labute approximate surface area is 177 Å². The van der Waals surface area contributed by atoms with E-state index in [1.54, 1.807) is 43.5 Å². The first-order valence-corrected chi connectivity index (χ1v) is 9.71. The van der Waals surface area contributed by atoms with E-state index in [4.69, 9.17) is 9.15 Å². The predicted molar refractivity (Wildman–Crippen MR) is 121 cm³/mol. The van der Waals surface area contributed by atoms with E-state index in [0.29, 0.717) is 33.7 Å².